The van der Waals surface area contributed by atoms with Crippen LogP contribution in [0.5, 0.6) is 46.0 Å². The average molecular weight is 1320 g/mol. The zero-order valence-electron chi connectivity index (χ0n) is 56.3. The van der Waals surface area contributed by atoms with Gasteiger partial charge in [-0.05, 0) is 191 Å². The SMILES string of the molecule is [C-]#[N+]c1ccc2c(c1)B1c3cc4c(cc3Nc3cc(N(c5ccccc5)c5ccccc5)cc(c31)O2)N(c1c(C)cc(C)cc1C)c1cc(N(c2ccccc2)c2ccccc2)cc2c1B4c1cc3c(cc1O2)Oc1cc(N(c2ccccc2)c2ccccc2)cc2c1B3c1cc(C#N)ccc1O2. The molecule has 0 radical (unpaired) electrons. The predicted molar refractivity (Wildman–Crippen MR) is 420 cm³/mol. The number of nitriles is 1. The topological polar surface area (TPSA) is 90.1 Å². The number of aryl methyl sites for hydroxylation is 3. The van der Waals surface area contributed by atoms with Crippen LogP contribution in [0.25, 0.3) is 4.85 Å². The van der Waals surface area contributed by atoms with Gasteiger partial charge in [-0.25, -0.2) is 4.85 Å². The van der Waals surface area contributed by atoms with Crippen molar-refractivity contribution in [2.75, 3.05) is 24.9 Å². The summed E-state index contributed by atoms with van der Waals surface area (Å²) in [6, 6.07) is 104. The summed E-state index contributed by atoms with van der Waals surface area (Å²) in [5.41, 5.74) is 26.5. The van der Waals surface area contributed by atoms with Crippen LogP contribution < -0.4 is 93.0 Å². The van der Waals surface area contributed by atoms with E-state index >= 15 is 0 Å². The molecule has 0 unspecified atom stereocenters. The van der Waals surface area contributed by atoms with E-state index in [4.69, 9.17) is 25.5 Å². The Balaban J connectivity index is 0.853. The van der Waals surface area contributed by atoms with Crippen molar-refractivity contribution in [2.24, 2.45) is 0 Å². The van der Waals surface area contributed by atoms with Crippen molar-refractivity contribution in [1.82, 2.24) is 0 Å². The molecular formula is C89H58B3N7O4. The summed E-state index contributed by atoms with van der Waals surface area (Å²) < 4.78 is 29.4. The Hall–Kier alpha value is -13.5. The van der Waals surface area contributed by atoms with Gasteiger partial charge >= 0.3 is 0 Å². The highest BCUT2D eigenvalue weighted by Gasteiger charge is 2.49. The number of benzene rings is 14. The molecule has 0 aliphatic carbocycles. The van der Waals surface area contributed by atoms with E-state index in [1.165, 1.54) is 5.56 Å². The van der Waals surface area contributed by atoms with Crippen molar-refractivity contribution in [3.8, 4) is 52.1 Å². The van der Waals surface area contributed by atoms with Crippen molar-refractivity contribution < 1.29 is 18.9 Å². The summed E-state index contributed by atoms with van der Waals surface area (Å²) >= 11 is 0. The van der Waals surface area contributed by atoms with Gasteiger partial charge < -0.3 is 43.9 Å². The minimum atomic E-state index is -0.446. The molecule has 0 atom stereocenters. The molecule has 14 aromatic carbocycles. The second kappa shape index (κ2) is 23.3. The molecule has 482 valence electrons. The van der Waals surface area contributed by atoms with E-state index in [1.807, 2.05) is 60.7 Å². The third-order valence-corrected chi connectivity index (χ3v) is 21.0. The van der Waals surface area contributed by atoms with Crippen molar-refractivity contribution in [2.45, 2.75) is 20.8 Å². The number of para-hydroxylation sites is 6. The minimum Gasteiger partial charge on any atom is -0.458 e. The van der Waals surface area contributed by atoms with Gasteiger partial charge in [-0.15, -0.1) is 0 Å². The Morgan fingerprint density at radius 2 is 0.757 bits per heavy atom. The Morgan fingerprint density at radius 1 is 0.350 bits per heavy atom. The fourth-order valence-electron chi connectivity index (χ4n) is 16.9. The lowest BCUT2D eigenvalue weighted by atomic mass is 9.30. The molecule has 14 heteroatoms. The van der Waals surface area contributed by atoms with Crippen LogP contribution in [0.1, 0.15) is 22.3 Å². The van der Waals surface area contributed by atoms with E-state index < -0.39 is 13.4 Å². The maximum Gasteiger partial charge on any atom is 0.260 e. The Morgan fingerprint density at radius 3 is 1.25 bits per heavy atom. The van der Waals surface area contributed by atoms with Gasteiger partial charge in [-0.2, -0.15) is 5.26 Å². The first-order chi connectivity index (χ1) is 50.7. The summed E-state index contributed by atoms with van der Waals surface area (Å²) in [6.07, 6.45) is 0. The molecular weight excluding hydrogens is 1260 g/mol. The molecule has 0 spiro atoms. The largest absolute Gasteiger partial charge is 0.458 e. The zero-order chi connectivity index (χ0) is 68.7. The van der Waals surface area contributed by atoms with Gasteiger partial charge in [0.2, 0.25) is 0 Å². The van der Waals surface area contributed by atoms with E-state index in [1.54, 1.807) is 0 Å². The average Bonchev–Trinajstić information content (AvgIpc) is 0.690. The Labute approximate surface area is 597 Å². The van der Waals surface area contributed by atoms with Gasteiger partial charge in [0, 0.05) is 92.7 Å². The van der Waals surface area contributed by atoms with Crippen LogP contribution in [0.15, 0.2) is 291 Å². The fourth-order valence-corrected chi connectivity index (χ4v) is 16.9. The van der Waals surface area contributed by atoms with Crippen LogP contribution in [-0.4, -0.2) is 20.1 Å². The molecule has 103 heavy (non-hydrogen) atoms. The van der Waals surface area contributed by atoms with Crippen LogP contribution >= 0.6 is 0 Å². The number of nitrogens with zero attached hydrogens (tertiary/aromatic N) is 6. The standard InChI is InChI=1S/C89H58B3N7O4/c1-54-39-55(2)89(56(3)40-54)99-76-51-74-68(90-71-42-58(94-4)36-38-79(71)100-82-45-65(43-75(95-74)86(82)90)96(59-23-11-5-12-24-59)60-25-13-6-14-26-60)49-69(76)91-72-50-73-81(52-80(72)102-83-46-66(44-77(99)87(83)91)97(61-27-15-7-16-28-61)62-29-17-8-18-30-62)103-85-48-67(98(63-31-19-9-20-32-63)64-33-21-10-22-34-64)47-84-88(85)92(73)70-41-57(53-93)35-37-78(70)101-84/h5-52,95H,1-3H3. The fraction of sp³-hybridized carbons (Fsp3) is 0.0337. The highest BCUT2D eigenvalue weighted by atomic mass is 16.5. The highest BCUT2D eigenvalue weighted by molar-refractivity contribution is 7.03. The number of ether oxygens (including phenoxy) is 4. The van der Waals surface area contributed by atoms with Crippen LogP contribution in [0.2, 0.25) is 0 Å². The maximum atomic E-state index is 10.7. The number of fused-ring (bicyclic) bond motifs is 12. The van der Waals surface area contributed by atoms with Crippen LogP contribution in [0, 0.1) is 38.7 Å². The smallest absolute Gasteiger partial charge is 0.260 e. The second-order valence-corrected chi connectivity index (χ2v) is 27.2. The molecule has 14 aromatic rings. The van der Waals surface area contributed by atoms with E-state index in [0.29, 0.717) is 51.5 Å². The van der Waals surface area contributed by atoms with Gasteiger partial charge in [0.25, 0.3) is 20.1 Å². The predicted octanol–water partition coefficient (Wildman–Crippen LogP) is 17.3. The zero-order valence-corrected chi connectivity index (χ0v) is 56.3. The first kappa shape index (κ1) is 59.5. The van der Waals surface area contributed by atoms with Gasteiger partial charge in [-0.1, -0.05) is 151 Å². The molecule has 6 aliphatic heterocycles. The van der Waals surface area contributed by atoms with Crippen LogP contribution in [0.4, 0.5) is 85.3 Å². The molecule has 0 aromatic heterocycles. The third-order valence-electron chi connectivity index (χ3n) is 21.0. The van der Waals surface area contributed by atoms with Gasteiger partial charge in [0.1, 0.15) is 46.0 Å². The van der Waals surface area contributed by atoms with Gasteiger partial charge in [-0.3, -0.25) is 0 Å². The molecule has 11 nitrogen and oxygen atoms in total. The molecule has 20 rings (SSSR count). The first-order valence-electron chi connectivity index (χ1n) is 34.7. The monoisotopic (exact) mass is 1320 g/mol. The summed E-state index contributed by atoms with van der Waals surface area (Å²) in [6.45, 7) is 13.8. The van der Waals surface area contributed by atoms with E-state index in [0.717, 1.165) is 146 Å². The molecule has 0 saturated heterocycles. The van der Waals surface area contributed by atoms with Crippen molar-refractivity contribution in [1.29, 1.82) is 5.26 Å². The number of hydrogen-bond donors (Lipinski definition) is 1. The summed E-state index contributed by atoms with van der Waals surface area (Å²) in [5.74, 6) is 5.35. The summed E-state index contributed by atoms with van der Waals surface area (Å²) in [7, 11) is 0. The van der Waals surface area contributed by atoms with Crippen LogP contribution in [0.3, 0.4) is 0 Å². The quantitative estimate of drug-likeness (QED) is 0.105. The molecule has 1 N–H and O–H groups in total. The Kier molecular flexibility index (Phi) is 13.5. The molecule has 0 saturated carbocycles. The number of nitrogens with one attached hydrogen (secondary N) is 1. The Bertz CT molecular complexity index is 5840. The first-order valence-corrected chi connectivity index (χ1v) is 34.7. The molecule has 6 aliphatic rings. The number of rotatable bonds is 10. The lowest BCUT2D eigenvalue weighted by Crippen LogP contribution is -2.64. The van der Waals surface area contributed by atoms with Gasteiger partial charge in [0.05, 0.1) is 41.0 Å². The summed E-state index contributed by atoms with van der Waals surface area (Å²) in [4.78, 5) is 13.3. The molecule has 6 heterocycles. The summed E-state index contributed by atoms with van der Waals surface area (Å²) in [5, 5.41) is 14.8. The lowest BCUT2D eigenvalue weighted by molar-refractivity contribution is 0.456. The van der Waals surface area contributed by atoms with Gasteiger partial charge in [0.15, 0.2) is 5.69 Å². The number of hydrogen-bond acceptors (Lipinski definition) is 10. The van der Waals surface area contributed by atoms with E-state index in [2.05, 4.69) is 287 Å². The van der Waals surface area contributed by atoms with E-state index in [-0.39, 0.29) is 6.71 Å². The van der Waals surface area contributed by atoms with Crippen molar-refractivity contribution in [3.05, 3.63) is 325 Å². The number of anilines is 14. The second-order valence-electron chi connectivity index (χ2n) is 27.2. The minimum absolute atomic E-state index is 0.373. The highest BCUT2D eigenvalue weighted by Crippen LogP contribution is 2.51. The lowest BCUT2D eigenvalue weighted by Gasteiger charge is -2.44. The molecule has 0 bridgehead atoms. The maximum absolute atomic E-state index is 10.7. The van der Waals surface area contributed by atoms with Crippen molar-refractivity contribution >= 4 is 155 Å². The molecule has 0 amide bonds. The normalized spacial score (nSPS) is 12.9. The van der Waals surface area contributed by atoms with Crippen LogP contribution in [-0.2, 0) is 0 Å². The van der Waals surface area contributed by atoms with Crippen molar-refractivity contribution in [3.63, 3.8) is 0 Å². The van der Waals surface area contributed by atoms with E-state index in [9.17, 15) is 5.26 Å². The molecule has 0 fully saturated rings. The third kappa shape index (κ3) is 9.45.